The van der Waals surface area contributed by atoms with Crippen LogP contribution in [0, 0.1) is 0 Å². The highest BCUT2D eigenvalue weighted by molar-refractivity contribution is 5.87. The van der Waals surface area contributed by atoms with Crippen LogP contribution in [0.25, 0.3) is 6.08 Å². The molecule has 0 aliphatic rings. The second kappa shape index (κ2) is 5.67. The largest absolute Gasteiger partial charge is 0.463 e. The maximum absolute atomic E-state index is 11.3. The zero-order valence-electron chi connectivity index (χ0n) is 11.0. The van der Waals surface area contributed by atoms with Crippen LogP contribution in [0.1, 0.15) is 38.8 Å². The molecule has 0 radical (unpaired) electrons. The first-order valence-corrected chi connectivity index (χ1v) is 5.89. The average molecular weight is 232 g/mol. The van der Waals surface area contributed by atoms with E-state index in [4.69, 9.17) is 4.74 Å². The molecule has 1 aromatic rings. The topological polar surface area (TPSA) is 26.3 Å². The van der Waals surface area contributed by atoms with Gasteiger partial charge in [-0.2, -0.15) is 0 Å². The molecule has 0 aromatic heterocycles. The second-order valence-electron chi connectivity index (χ2n) is 4.92. The summed E-state index contributed by atoms with van der Waals surface area (Å²) < 4.78 is 4.86. The molecule has 0 amide bonds. The van der Waals surface area contributed by atoms with Gasteiger partial charge in [-0.3, -0.25) is 0 Å². The third-order valence-electron chi connectivity index (χ3n) is 2.45. The molecule has 0 aliphatic heterocycles. The van der Waals surface area contributed by atoms with E-state index in [-0.39, 0.29) is 11.4 Å². The normalized spacial score (nSPS) is 11.8. The van der Waals surface area contributed by atoms with Crippen molar-refractivity contribution in [3.05, 3.63) is 41.5 Å². The van der Waals surface area contributed by atoms with Crippen LogP contribution in [0.4, 0.5) is 0 Å². The lowest BCUT2D eigenvalue weighted by Gasteiger charge is -2.21. The van der Waals surface area contributed by atoms with Crippen LogP contribution in [0.5, 0.6) is 0 Å². The maximum Gasteiger partial charge on any atom is 0.330 e. The van der Waals surface area contributed by atoms with Crippen LogP contribution < -0.4 is 0 Å². The third kappa shape index (κ3) is 4.06. The minimum atomic E-state index is -0.295. The molecular weight excluding hydrogens is 212 g/mol. The number of esters is 1. The van der Waals surface area contributed by atoms with Crippen molar-refractivity contribution in [2.75, 3.05) is 6.61 Å². The summed E-state index contributed by atoms with van der Waals surface area (Å²) in [6, 6.07) is 8.09. The molecule has 2 heteroatoms. The number of carbonyl (C=O) groups is 1. The smallest absolute Gasteiger partial charge is 0.330 e. The first kappa shape index (κ1) is 13.5. The first-order chi connectivity index (χ1) is 7.95. The minimum Gasteiger partial charge on any atom is -0.463 e. The quantitative estimate of drug-likeness (QED) is 0.588. The van der Waals surface area contributed by atoms with Crippen molar-refractivity contribution in [1.29, 1.82) is 0 Å². The number of rotatable bonds is 3. The summed E-state index contributed by atoms with van der Waals surface area (Å²) in [6.07, 6.45) is 3.30. The summed E-state index contributed by atoms with van der Waals surface area (Å²) >= 11 is 0. The summed E-state index contributed by atoms with van der Waals surface area (Å²) in [4.78, 5) is 11.3. The Balaban J connectivity index is 2.95. The van der Waals surface area contributed by atoms with Crippen molar-refractivity contribution in [3.63, 3.8) is 0 Å². The lowest BCUT2D eigenvalue weighted by atomic mass is 9.84. The lowest BCUT2D eigenvalue weighted by molar-refractivity contribution is -0.137. The molecular formula is C15H20O2. The summed E-state index contributed by atoms with van der Waals surface area (Å²) in [6.45, 7) is 8.68. The van der Waals surface area contributed by atoms with Gasteiger partial charge in [0.25, 0.3) is 0 Å². The van der Waals surface area contributed by atoms with Crippen LogP contribution in [-0.4, -0.2) is 12.6 Å². The Morgan fingerprint density at radius 1 is 1.29 bits per heavy atom. The summed E-state index contributed by atoms with van der Waals surface area (Å²) in [5.74, 6) is -0.295. The molecule has 0 atom stereocenters. The third-order valence-corrected chi connectivity index (χ3v) is 2.45. The van der Waals surface area contributed by atoms with Crippen molar-refractivity contribution >= 4 is 12.0 Å². The highest BCUT2D eigenvalue weighted by atomic mass is 16.5. The highest BCUT2D eigenvalue weighted by Gasteiger charge is 2.15. The van der Waals surface area contributed by atoms with Gasteiger partial charge >= 0.3 is 5.97 Å². The molecule has 0 heterocycles. The van der Waals surface area contributed by atoms with Gasteiger partial charge in [-0.25, -0.2) is 4.79 Å². The van der Waals surface area contributed by atoms with Crippen molar-refractivity contribution < 1.29 is 9.53 Å². The molecule has 0 unspecified atom stereocenters. The minimum absolute atomic E-state index is 0.0651. The molecule has 0 bridgehead atoms. The molecule has 0 spiro atoms. The Morgan fingerprint density at radius 2 is 1.94 bits per heavy atom. The standard InChI is InChI=1S/C15H20O2/c1-5-17-14(16)11-10-12-8-6-7-9-13(12)15(2,3)4/h6-11H,5H2,1-4H3/b11-10+. The Bertz CT molecular complexity index is 411. The van der Waals surface area contributed by atoms with E-state index >= 15 is 0 Å². The zero-order chi connectivity index (χ0) is 12.9. The van der Waals surface area contributed by atoms with Crippen molar-refractivity contribution in [2.24, 2.45) is 0 Å². The maximum atomic E-state index is 11.3. The molecule has 0 saturated heterocycles. The van der Waals surface area contributed by atoms with E-state index in [1.807, 2.05) is 24.3 Å². The number of benzene rings is 1. The molecule has 0 aliphatic carbocycles. The Kier molecular flexibility index (Phi) is 4.50. The predicted molar refractivity (Wildman–Crippen MR) is 70.8 cm³/mol. The molecule has 92 valence electrons. The van der Waals surface area contributed by atoms with E-state index in [1.165, 1.54) is 11.6 Å². The molecule has 0 N–H and O–H groups in total. The van der Waals surface area contributed by atoms with Gasteiger partial charge in [0.05, 0.1) is 6.61 Å². The van der Waals surface area contributed by atoms with E-state index < -0.39 is 0 Å². The summed E-state index contributed by atoms with van der Waals surface area (Å²) in [5, 5.41) is 0. The van der Waals surface area contributed by atoms with Gasteiger partial charge in [0.15, 0.2) is 0 Å². The summed E-state index contributed by atoms with van der Waals surface area (Å²) in [5.41, 5.74) is 2.35. The molecule has 0 saturated carbocycles. The number of ether oxygens (including phenoxy) is 1. The summed E-state index contributed by atoms with van der Waals surface area (Å²) in [7, 11) is 0. The number of hydrogen-bond acceptors (Lipinski definition) is 2. The SMILES string of the molecule is CCOC(=O)/C=C/c1ccccc1C(C)(C)C. The first-order valence-electron chi connectivity index (χ1n) is 5.89. The molecule has 2 nitrogen and oxygen atoms in total. The Morgan fingerprint density at radius 3 is 2.53 bits per heavy atom. The van der Waals surface area contributed by atoms with Crippen LogP contribution in [0.2, 0.25) is 0 Å². The van der Waals surface area contributed by atoms with Crippen LogP contribution in [0.3, 0.4) is 0 Å². The van der Waals surface area contributed by atoms with E-state index in [0.717, 1.165) is 5.56 Å². The monoisotopic (exact) mass is 232 g/mol. The fraction of sp³-hybridized carbons (Fsp3) is 0.400. The highest BCUT2D eigenvalue weighted by Crippen LogP contribution is 2.26. The molecule has 0 fully saturated rings. The van der Waals surface area contributed by atoms with Crippen LogP contribution in [0.15, 0.2) is 30.3 Å². The van der Waals surface area contributed by atoms with E-state index in [9.17, 15) is 4.79 Å². The molecule has 17 heavy (non-hydrogen) atoms. The average Bonchev–Trinajstić information content (AvgIpc) is 2.26. The molecule has 1 rings (SSSR count). The fourth-order valence-electron chi connectivity index (χ4n) is 1.67. The van der Waals surface area contributed by atoms with Gasteiger partial charge in [0.2, 0.25) is 0 Å². The second-order valence-corrected chi connectivity index (χ2v) is 4.92. The van der Waals surface area contributed by atoms with Gasteiger partial charge in [0, 0.05) is 6.08 Å². The number of hydrogen-bond donors (Lipinski definition) is 0. The van der Waals surface area contributed by atoms with Crippen LogP contribution >= 0.6 is 0 Å². The van der Waals surface area contributed by atoms with Gasteiger partial charge in [-0.1, -0.05) is 45.0 Å². The van der Waals surface area contributed by atoms with E-state index in [0.29, 0.717) is 6.61 Å². The van der Waals surface area contributed by atoms with E-state index in [1.54, 1.807) is 6.92 Å². The van der Waals surface area contributed by atoms with Gasteiger partial charge in [-0.15, -0.1) is 0 Å². The number of carbonyl (C=O) groups excluding carboxylic acids is 1. The predicted octanol–water partition coefficient (Wildman–Crippen LogP) is 3.56. The van der Waals surface area contributed by atoms with Crippen molar-refractivity contribution in [1.82, 2.24) is 0 Å². The fourth-order valence-corrected chi connectivity index (χ4v) is 1.67. The van der Waals surface area contributed by atoms with Crippen LogP contribution in [-0.2, 0) is 14.9 Å². The van der Waals surface area contributed by atoms with Gasteiger partial charge < -0.3 is 4.74 Å². The van der Waals surface area contributed by atoms with Gasteiger partial charge in [-0.05, 0) is 29.5 Å². The van der Waals surface area contributed by atoms with Crippen molar-refractivity contribution in [3.8, 4) is 0 Å². The van der Waals surface area contributed by atoms with E-state index in [2.05, 4.69) is 26.8 Å². The Hall–Kier alpha value is -1.57. The lowest BCUT2D eigenvalue weighted by Crippen LogP contribution is -2.12. The van der Waals surface area contributed by atoms with Gasteiger partial charge in [0.1, 0.15) is 0 Å². The molecule has 1 aromatic carbocycles. The zero-order valence-corrected chi connectivity index (χ0v) is 11.0. The Labute approximate surface area is 103 Å². The van der Waals surface area contributed by atoms with Crippen molar-refractivity contribution in [2.45, 2.75) is 33.1 Å².